The molecule has 0 aliphatic carbocycles. The molecule has 18 heavy (non-hydrogen) atoms. The minimum absolute atomic E-state index is 0.100. The van der Waals surface area contributed by atoms with Crippen LogP contribution >= 0.6 is 11.6 Å². The Balaban J connectivity index is 1.84. The lowest BCUT2D eigenvalue weighted by Crippen LogP contribution is -2.00. The molecule has 2 aromatic rings. The number of aromatic nitrogens is 1. The number of carboxylic acid groups (broad SMARTS) is 1. The van der Waals surface area contributed by atoms with Gasteiger partial charge in [0.1, 0.15) is 11.5 Å². The predicted molar refractivity (Wildman–Crippen MR) is 64.1 cm³/mol. The molecular weight excluding hydrogens is 258 g/mol. The number of aromatic carboxylic acids is 1. The van der Waals surface area contributed by atoms with Gasteiger partial charge in [0.15, 0.2) is 5.69 Å². The van der Waals surface area contributed by atoms with Crippen LogP contribution in [-0.4, -0.2) is 22.8 Å². The Morgan fingerprint density at radius 2 is 2.11 bits per heavy atom. The van der Waals surface area contributed by atoms with Crippen LogP contribution in [0.2, 0.25) is 5.02 Å². The van der Waals surface area contributed by atoms with E-state index >= 15 is 0 Å². The van der Waals surface area contributed by atoms with E-state index in [4.69, 9.17) is 26.0 Å². The van der Waals surface area contributed by atoms with E-state index in [0.29, 0.717) is 29.6 Å². The highest BCUT2D eigenvalue weighted by Crippen LogP contribution is 2.15. The summed E-state index contributed by atoms with van der Waals surface area (Å²) in [6.45, 7) is 0.371. The molecule has 0 bridgehead atoms. The molecule has 0 aliphatic rings. The molecule has 0 saturated carbocycles. The topological polar surface area (TPSA) is 72.6 Å². The molecule has 0 spiro atoms. The van der Waals surface area contributed by atoms with E-state index in [1.807, 2.05) is 0 Å². The number of halogens is 1. The third kappa shape index (κ3) is 3.24. The number of ether oxygens (including phenoxy) is 1. The van der Waals surface area contributed by atoms with E-state index in [1.54, 1.807) is 24.3 Å². The SMILES string of the molecule is O=C(O)c1cc(CCOc2ccc(Cl)cc2)on1. The number of carbonyl (C=O) groups is 1. The molecule has 5 nitrogen and oxygen atoms in total. The normalized spacial score (nSPS) is 10.3. The maximum atomic E-state index is 10.6. The van der Waals surface area contributed by atoms with Crippen molar-refractivity contribution in [2.24, 2.45) is 0 Å². The van der Waals surface area contributed by atoms with Crippen LogP contribution in [0.15, 0.2) is 34.9 Å². The third-order valence-electron chi connectivity index (χ3n) is 2.21. The minimum Gasteiger partial charge on any atom is -0.493 e. The number of carboxylic acids is 1. The van der Waals surface area contributed by atoms with E-state index in [1.165, 1.54) is 6.07 Å². The summed E-state index contributed by atoms with van der Waals surface area (Å²) in [5, 5.41) is 12.7. The van der Waals surface area contributed by atoms with Crippen LogP contribution in [0.5, 0.6) is 5.75 Å². The zero-order chi connectivity index (χ0) is 13.0. The highest BCUT2D eigenvalue weighted by atomic mass is 35.5. The quantitative estimate of drug-likeness (QED) is 0.901. The molecule has 0 atom stereocenters. The van der Waals surface area contributed by atoms with Gasteiger partial charge in [-0.2, -0.15) is 0 Å². The average Bonchev–Trinajstić information content (AvgIpc) is 2.81. The van der Waals surface area contributed by atoms with Gasteiger partial charge in [-0.05, 0) is 24.3 Å². The molecule has 0 fully saturated rings. The molecule has 0 aliphatic heterocycles. The monoisotopic (exact) mass is 267 g/mol. The van der Waals surface area contributed by atoms with Crippen LogP contribution in [0.4, 0.5) is 0 Å². The number of hydrogen-bond acceptors (Lipinski definition) is 4. The van der Waals surface area contributed by atoms with Gasteiger partial charge in [-0.3, -0.25) is 0 Å². The Morgan fingerprint density at radius 3 is 2.72 bits per heavy atom. The van der Waals surface area contributed by atoms with Crippen LogP contribution in [0.25, 0.3) is 0 Å². The van der Waals surface area contributed by atoms with Crippen LogP contribution in [0.3, 0.4) is 0 Å². The second kappa shape index (κ2) is 5.55. The zero-order valence-corrected chi connectivity index (χ0v) is 10.1. The van der Waals surface area contributed by atoms with Gasteiger partial charge in [0, 0.05) is 17.5 Å². The molecule has 0 amide bonds. The molecular formula is C12H10ClNO4. The third-order valence-corrected chi connectivity index (χ3v) is 2.46. The number of benzene rings is 1. The van der Waals surface area contributed by atoms with Crippen LogP contribution < -0.4 is 4.74 Å². The number of rotatable bonds is 5. The van der Waals surface area contributed by atoms with E-state index in [-0.39, 0.29) is 5.69 Å². The van der Waals surface area contributed by atoms with Crippen molar-refractivity contribution in [3.8, 4) is 5.75 Å². The fraction of sp³-hybridized carbons (Fsp3) is 0.167. The van der Waals surface area contributed by atoms with Gasteiger partial charge in [-0.25, -0.2) is 4.79 Å². The first-order valence-corrected chi connectivity index (χ1v) is 5.60. The summed E-state index contributed by atoms with van der Waals surface area (Å²) in [5.74, 6) is 0.0577. The molecule has 1 aromatic carbocycles. The molecule has 94 valence electrons. The van der Waals surface area contributed by atoms with Crippen LogP contribution in [0.1, 0.15) is 16.2 Å². The smallest absolute Gasteiger partial charge is 0.358 e. The highest BCUT2D eigenvalue weighted by molar-refractivity contribution is 6.30. The maximum absolute atomic E-state index is 10.6. The number of hydrogen-bond donors (Lipinski definition) is 1. The van der Waals surface area contributed by atoms with Crippen molar-refractivity contribution in [3.63, 3.8) is 0 Å². The van der Waals surface area contributed by atoms with E-state index in [2.05, 4.69) is 5.16 Å². The summed E-state index contributed by atoms with van der Waals surface area (Å²) < 4.78 is 10.3. The summed E-state index contributed by atoms with van der Waals surface area (Å²) in [7, 11) is 0. The van der Waals surface area contributed by atoms with Gasteiger partial charge >= 0.3 is 5.97 Å². The van der Waals surface area contributed by atoms with Gasteiger partial charge in [0.25, 0.3) is 0 Å². The standard InChI is InChI=1S/C12H10ClNO4/c13-8-1-3-9(4-2-8)17-6-5-10-7-11(12(15)16)14-18-10/h1-4,7H,5-6H2,(H,15,16). The lowest BCUT2D eigenvalue weighted by Gasteiger charge is -2.03. The van der Waals surface area contributed by atoms with Gasteiger partial charge in [0.05, 0.1) is 6.61 Å². The van der Waals surface area contributed by atoms with Crippen LogP contribution in [0, 0.1) is 0 Å². The minimum atomic E-state index is -1.11. The predicted octanol–water partition coefficient (Wildman–Crippen LogP) is 2.65. The first kappa shape index (κ1) is 12.4. The van der Waals surface area contributed by atoms with Crippen LogP contribution in [-0.2, 0) is 6.42 Å². The Kier molecular flexibility index (Phi) is 3.84. The van der Waals surface area contributed by atoms with Crippen molar-refractivity contribution in [1.82, 2.24) is 5.16 Å². The molecule has 1 N–H and O–H groups in total. The van der Waals surface area contributed by atoms with Gasteiger partial charge < -0.3 is 14.4 Å². The fourth-order valence-electron chi connectivity index (χ4n) is 1.33. The Labute approximate surface area is 108 Å². The summed E-state index contributed by atoms with van der Waals surface area (Å²) in [6.07, 6.45) is 0.447. The molecule has 0 unspecified atom stereocenters. The Bertz CT molecular complexity index is 535. The largest absolute Gasteiger partial charge is 0.493 e. The van der Waals surface area contributed by atoms with Crippen molar-refractivity contribution in [2.75, 3.05) is 6.61 Å². The van der Waals surface area contributed by atoms with Crippen molar-refractivity contribution >= 4 is 17.6 Å². The number of nitrogens with zero attached hydrogens (tertiary/aromatic N) is 1. The zero-order valence-electron chi connectivity index (χ0n) is 9.30. The maximum Gasteiger partial charge on any atom is 0.358 e. The first-order chi connectivity index (χ1) is 8.65. The second-order valence-corrected chi connectivity index (χ2v) is 3.97. The molecule has 1 aromatic heterocycles. The molecule has 2 rings (SSSR count). The van der Waals surface area contributed by atoms with E-state index in [0.717, 1.165) is 0 Å². The summed E-state index contributed by atoms with van der Waals surface area (Å²) in [5.41, 5.74) is -0.100. The average molecular weight is 268 g/mol. The lowest BCUT2D eigenvalue weighted by molar-refractivity contribution is 0.0685. The molecule has 0 saturated heterocycles. The fourth-order valence-corrected chi connectivity index (χ4v) is 1.46. The molecule has 1 heterocycles. The summed E-state index contributed by atoms with van der Waals surface area (Å²) >= 11 is 5.74. The van der Waals surface area contributed by atoms with E-state index in [9.17, 15) is 4.79 Å². The van der Waals surface area contributed by atoms with Gasteiger partial charge in [-0.15, -0.1) is 0 Å². The van der Waals surface area contributed by atoms with Gasteiger partial charge in [-0.1, -0.05) is 16.8 Å². The molecule has 6 heteroatoms. The Morgan fingerprint density at radius 1 is 1.39 bits per heavy atom. The Hall–Kier alpha value is -2.01. The lowest BCUT2D eigenvalue weighted by atomic mass is 10.3. The first-order valence-electron chi connectivity index (χ1n) is 5.22. The van der Waals surface area contributed by atoms with Crippen molar-refractivity contribution < 1.29 is 19.2 Å². The van der Waals surface area contributed by atoms with Crippen molar-refractivity contribution in [2.45, 2.75) is 6.42 Å². The summed E-state index contributed by atoms with van der Waals surface area (Å²) in [4.78, 5) is 10.6. The van der Waals surface area contributed by atoms with Gasteiger partial charge in [0.2, 0.25) is 0 Å². The van der Waals surface area contributed by atoms with E-state index < -0.39 is 5.97 Å². The highest BCUT2D eigenvalue weighted by Gasteiger charge is 2.10. The molecule has 0 radical (unpaired) electrons. The van der Waals surface area contributed by atoms with Crippen molar-refractivity contribution in [3.05, 3.63) is 46.8 Å². The summed E-state index contributed by atoms with van der Waals surface area (Å²) in [6, 6.07) is 8.35. The second-order valence-electron chi connectivity index (χ2n) is 3.54. The van der Waals surface area contributed by atoms with Crippen molar-refractivity contribution in [1.29, 1.82) is 0 Å².